The van der Waals surface area contributed by atoms with Crippen molar-refractivity contribution in [1.29, 1.82) is 0 Å². The zero-order chi connectivity index (χ0) is 15.2. The Balaban J connectivity index is 4.72. The van der Waals surface area contributed by atoms with Gasteiger partial charge in [-0.3, -0.25) is 4.79 Å². The van der Waals surface area contributed by atoms with Gasteiger partial charge in [0.05, 0.1) is 0 Å². The van der Waals surface area contributed by atoms with Gasteiger partial charge in [0, 0.05) is 19.6 Å². The van der Waals surface area contributed by atoms with E-state index in [9.17, 15) is 9.59 Å². The molecule has 0 aliphatic rings. The molecule has 0 fully saturated rings. The number of carbonyl (C=O) groups excluding carboxylic acids is 1. The Morgan fingerprint density at radius 2 is 1.58 bits per heavy atom. The molecule has 19 heavy (non-hydrogen) atoms. The zero-order valence-corrected chi connectivity index (χ0v) is 13.0. The molecular weight excluding hydrogens is 244 g/mol. The number of rotatable bonds is 7. The maximum absolute atomic E-state index is 12.3. The molecule has 112 valence electrons. The monoisotopic (exact) mass is 272 g/mol. The number of hydrogen-bond donors (Lipinski definition) is 1. The molecular formula is C14H28N2O3. The molecule has 0 saturated heterocycles. The van der Waals surface area contributed by atoms with E-state index >= 15 is 0 Å². The molecule has 0 spiro atoms. The van der Waals surface area contributed by atoms with E-state index in [-0.39, 0.29) is 24.5 Å². The summed E-state index contributed by atoms with van der Waals surface area (Å²) in [7, 11) is 1.74. The highest BCUT2D eigenvalue weighted by atomic mass is 16.4. The van der Waals surface area contributed by atoms with Crippen LogP contribution in [0.1, 0.15) is 41.0 Å². The predicted octanol–water partition coefficient (Wildman–Crippen LogP) is 2.52. The van der Waals surface area contributed by atoms with Crippen LogP contribution in [-0.2, 0) is 4.79 Å². The Morgan fingerprint density at radius 3 is 1.95 bits per heavy atom. The summed E-state index contributed by atoms with van der Waals surface area (Å²) in [6, 6.07) is -0.0970. The number of hydrogen-bond acceptors (Lipinski definition) is 2. The molecule has 0 heterocycles. The number of amides is 2. The van der Waals surface area contributed by atoms with E-state index in [0.29, 0.717) is 12.5 Å². The van der Waals surface area contributed by atoms with Crippen LogP contribution in [-0.4, -0.2) is 53.1 Å². The third-order valence-corrected chi connectivity index (χ3v) is 2.96. The topological polar surface area (TPSA) is 60.9 Å². The number of carboxylic acid groups (broad SMARTS) is 1. The van der Waals surface area contributed by atoms with Crippen LogP contribution in [0.15, 0.2) is 0 Å². The molecule has 0 aliphatic heterocycles. The van der Waals surface area contributed by atoms with Gasteiger partial charge in [-0.15, -0.1) is 0 Å². The Hall–Kier alpha value is -1.26. The van der Waals surface area contributed by atoms with E-state index in [1.807, 2.05) is 20.8 Å². The number of aliphatic carboxylic acids is 1. The van der Waals surface area contributed by atoms with Crippen molar-refractivity contribution < 1.29 is 14.7 Å². The van der Waals surface area contributed by atoms with Crippen molar-refractivity contribution in [3.8, 4) is 0 Å². The highest BCUT2D eigenvalue weighted by Crippen LogP contribution is 2.12. The van der Waals surface area contributed by atoms with E-state index in [4.69, 9.17) is 5.11 Å². The fourth-order valence-electron chi connectivity index (χ4n) is 2.07. The van der Waals surface area contributed by atoms with E-state index < -0.39 is 5.97 Å². The van der Waals surface area contributed by atoms with Crippen molar-refractivity contribution >= 4 is 12.0 Å². The average Bonchev–Trinajstić information content (AvgIpc) is 2.23. The first-order valence-corrected chi connectivity index (χ1v) is 6.88. The first kappa shape index (κ1) is 17.7. The first-order valence-electron chi connectivity index (χ1n) is 6.88. The average molecular weight is 272 g/mol. The molecule has 0 saturated carbocycles. The molecule has 5 heteroatoms. The lowest BCUT2D eigenvalue weighted by molar-refractivity contribution is -0.137. The number of nitrogens with zero attached hydrogens (tertiary/aromatic N) is 2. The van der Waals surface area contributed by atoms with Gasteiger partial charge < -0.3 is 14.9 Å². The Labute approximate surface area is 116 Å². The number of carbonyl (C=O) groups is 2. The molecule has 0 aromatic carbocycles. The smallest absolute Gasteiger partial charge is 0.323 e. The van der Waals surface area contributed by atoms with Crippen molar-refractivity contribution in [3.05, 3.63) is 0 Å². The van der Waals surface area contributed by atoms with Crippen molar-refractivity contribution in [3.63, 3.8) is 0 Å². The maximum Gasteiger partial charge on any atom is 0.323 e. The second-order valence-corrected chi connectivity index (χ2v) is 6.04. The number of carboxylic acids is 1. The van der Waals surface area contributed by atoms with Gasteiger partial charge in [-0.05, 0) is 25.2 Å². The Kier molecular flexibility index (Phi) is 7.49. The summed E-state index contributed by atoms with van der Waals surface area (Å²) in [4.78, 5) is 26.2. The summed E-state index contributed by atoms with van der Waals surface area (Å²) in [5, 5.41) is 8.90. The molecule has 1 unspecified atom stereocenters. The minimum atomic E-state index is -0.973. The largest absolute Gasteiger partial charge is 0.480 e. The maximum atomic E-state index is 12.3. The van der Waals surface area contributed by atoms with Crippen LogP contribution in [0.5, 0.6) is 0 Å². The van der Waals surface area contributed by atoms with E-state index in [0.717, 1.165) is 6.42 Å². The van der Waals surface area contributed by atoms with E-state index in [1.165, 1.54) is 4.90 Å². The van der Waals surface area contributed by atoms with Gasteiger partial charge in [0.15, 0.2) is 0 Å². The molecule has 0 rings (SSSR count). The van der Waals surface area contributed by atoms with Crippen molar-refractivity contribution in [2.24, 2.45) is 11.8 Å². The summed E-state index contributed by atoms with van der Waals surface area (Å²) in [5.41, 5.74) is 0. The zero-order valence-electron chi connectivity index (χ0n) is 13.0. The van der Waals surface area contributed by atoms with Crippen molar-refractivity contribution in [2.45, 2.75) is 47.1 Å². The second kappa shape index (κ2) is 8.02. The van der Waals surface area contributed by atoms with Crippen LogP contribution in [0.2, 0.25) is 0 Å². The van der Waals surface area contributed by atoms with Gasteiger partial charge in [0.25, 0.3) is 0 Å². The van der Waals surface area contributed by atoms with Gasteiger partial charge in [0.1, 0.15) is 6.54 Å². The molecule has 1 N–H and O–H groups in total. The summed E-state index contributed by atoms with van der Waals surface area (Å²) in [6.45, 7) is 10.4. The molecule has 0 bridgehead atoms. The highest BCUT2D eigenvalue weighted by Gasteiger charge is 2.24. The van der Waals surface area contributed by atoms with Crippen LogP contribution in [0.25, 0.3) is 0 Å². The van der Waals surface area contributed by atoms with Crippen molar-refractivity contribution in [2.75, 3.05) is 20.1 Å². The quantitative estimate of drug-likeness (QED) is 0.774. The minimum Gasteiger partial charge on any atom is -0.480 e. The molecule has 0 aliphatic carbocycles. The summed E-state index contributed by atoms with van der Waals surface area (Å²) < 4.78 is 0. The molecule has 5 nitrogen and oxygen atoms in total. The lowest BCUT2D eigenvalue weighted by Crippen LogP contribution is -2.48. The van der Waals surface area contributed by atoms with Crippen molar-refractivity contribution in [1.82, 2.24) is 9.80 Å². The number of urea groups is 1. The van der Waals surface area contributed by atoms with Gasteiger partial charge in [0.2, 0.25) is 0 Å². The Morgan fingerprint density at radius 1 is 1.05 bits per heavy atom. The van der Waals surface area contributed by atoms with Crippen LogP contribution < -0.4 is 0 Å². The standard InChI is InChI=1S/C14H28N2O3/c1-10(2)7-12(5)15(6)14(19)16(8-11(3)4)9-13(17)18/h10-12H,7-9H2,1-6H3,(H,17,18). The predicted molar refractivity (Wildman–Crippen MR) is 76.1 cm³/mol. The molecule has 0 aromatic rings. The second-order valence-electron chi connectivity index (χ2n) is 6.04. The van der Waals surface area contributed by atoms with Crippen LogP contribution in [0.3, 0.4) is 0 Å². The summed E-state index contributed by atoms with van der Waals surface area (Å²) in [6.07, 6.45) is 0.908. The highest BCUT2D eigenvalue weighted by molar-refractivity contribution is 5.80. The normalized spacial score (nSPS) is 12.6. The Bertz CT molecular complexity index is 303. The summed E-state index contributed by atoms with van der Waals surface area (Å²) in [5.74, 6) is -0.223. The molecule has 0 aromatic heterocycles. The third kappa shape index (κ3) is 7.03. The van der Waals surface area contributed by atoms with Gasteiger partial charge >= 0.3 is 12.0 Å². The van der Waals surface area contributed by atoms with Gasteiger partial charge in [-0.1, -0.05) is 27.7 Å². The van der Waals surface area contributed by atoms with E-state index in [1.54, 1.807) is 11.9 Å². The molecule has 1 atom stereocenters. The van der Waals surface area contributed by atoms with Crippen LogP contribution >= 0.6 is 0 Å². The lowest BCUT2D eigenvalue weighted by atomic mass is 10.0. The SMILES string of the molecule is CC(C)CC(C)N(C)C(=O)N(CC(=O)O)CC(C)C. The fourth-order valence-corrected chi connectivity index (χ4v) is 2.07. The minimum absolute atomic E-state index is 0.107. The van der Waals surface area contributed by atoms with Crippen LogP contribution in [0.4, 0.5) is 4.79 Å². The van der Waals surface area contributed by atoms with Gasteiger partial charge in [-0.2, -0.15) is 0 Å². The fraction of sp³-hybridized carbons (Fsp3) is 0.857. The molecule has 2 amide bonds. The van der Waals surface area contributed by atoms with E-state index in [2.05, 4.69) is 13.8 Å². The summed E-state index contributed by atoms with van der Waals surface area (Å²) >= 11 is 0. The lowest BCUT2D eigenvalue weighted by Gasteiger charge is -2.32. The third-order valence-electron chi connectivity index (χ3n) is 2.96. The molecule has 0 radical (unpaired) electrons. The van der Waals surface area contributed by atoms with Crippen LogP contribution in [0, 0.1) is 11.8 Å². The van der Waals surface area contributed by atoms with Gasteiger partial charge in [-0.25, -0.2) is 4.79 Å². The first-order chi connectivity index (χ1) is 8.65.